The van der Waals surface area contributed by atoms with Gasteiger partial charge in [0, 0.05) is 0 Å². The number of carbonyl (C=O) groups is 2. The van der Waals surface area contributed by atoms with Crippen molar-refractivity contribution in [3.63, 3.8) is 0 Å². The maximum Gasteiger partial charge on any atom is 0.177 e. The number of rotatable bonds is 5. The molecule has 0 aliphatic heterocycles. The quantitative estimate of drug-likeness (QED) is 0.622. The third-order valence-corrected chi connectivity index (χ3v) is 2.23. The van der Waals surface area contributed by atoms with Gasteiger partial charge in [0.05, 0.1) is 20.6 Å². The molecule has 0 aliphatic rings. The van der Waals surface area contributed by atoms with Gasteiger partial charge < -0.3 is 14.6 Å². The van der Waals surface area contributed by atoms with E-state index in [0.29, 0.717) is 0 Å². The predicted molar refractivity (Wildman–Crippen MR) is 60.8 cm³/mol. The number of carbonyl (C=O) groups excluding carboxylic acids is 2. The summed E-state index contributed by atoms with van der Waals surface area (Å²) in [7, 11) is 2.76. The Bertz CT molecular complexity index is 450. The second-order valence-electron chi connectivity index (χ2n) is 3.50. The number of hydrogen-bond acceptors (Lipinski definition) is 5. The molecule has 0 aliphatic carbocycles. The molecular formula is C12H14O5. The van der Waals surface area contributed by atoms with Crippen molar-refractivity contribution in [2.24, 2.45) is 0 Å². The Labute approximate surface area is 99.0 Å². The predicted octanol–water partition coefficient (Wildman–Crippen LogP) is 1.57. The van der Waals surface area contributed by atoms with Crippen molar-refractivity contribution < 1.29 is 24.2 Å². The fourth-order valence-corrected chi connectivity index (χ4v) is 1.47. The zero-order chi connectivity index (χ0) is 13.0. The van der Waals surface area contributed by atoms with Crippen molar-refractivity contribution in [3.8, 4) is 17.2 Å². The molecule has 1 rings (SSSR count). The fourth-order valence-electron chi connectivity index (χ4n) is 1.47. The third-order valence-electron chi connectivity index (χ3n) is 2.23. The van der Waals surface area contributed by atoms with Gasteiger partial charge in [-0.05, 0) is 19.1 Å². The molecule has 0 radical (unpaired) electrons. The zero-order valence-electron chi connectivity index (χ0n) is 9.94. The highest BCUT2D eigenvalue weighted by molar-refractivity contribution is 6.10. The van der Waals surface area contributed by atoms with E-state index in [0.717, 1.165) is 0 Å². The second-order valence-corrected chi connectivity index (χ2v) is 3.50. The first-order chi connectivity index (χ1) is 8.01. The van der Waals surface area contributed by atoms with E-state index in [1.165, 1.54) is 33.3 Å². The monoisotopic (exact) mass is 238 g/mol. The van der Waals surface area contributed by atoms with Crippen LogP contribution in [-0.4, -0.2) is 30.9 Å². The number of methoxy groups -OCH3 is 2. The first-order valence-corrected chi connectivity index (χ1v) is 4.97. The molecule has 17 heavy (non-hydrogen) atoms. The minimum Gasteiger partial charge on any atom is -0.504 e. The number of phenols is 1. The lowest BCUT2D eigenvalue weighted by atomic mass is 10.0. The molecule has 1 aromatic carbocycles. The largest absolute Gasteiger partial charge is 0.504 e. The number of ether oxygens (including phenoxy) is 2. The standard InChI is InChI=1S/C12H14O5/c1-7(13)6-8(14)11-9(16-2)4-5-10(17-3)12(11)15/h4-5,15H,6H2,1-3H3. The Morgan fingerprint density at radius 2 is 1.71 bits per heavy atom. The van der Waals surface area contributed by atoms with Crippen LogP contribution in [-0.2, 0) is 4.79 Å². The highest BCUT2D eigenvalue weighted by Crippen LogP contribution is 2.37. The van der Waals surface area contributed by atoms with E-state index in [2.05, 4.69) is 0 Å². The minimum atomic E-state index is -0.495. The number of phenolic OH excluding ortho intramolecular Hbond substituents is 1. The van der Waals surface area contributed by atoms with Crippen LogP contribution in [0.2, 0.25) is 0 Å². The molecule has 0 amide bonds. The van der Waals surface area contributed by atoms with E-state index in [9.17, 15) is 14.7 Å². The summed E-state index contributed by atoms with van der Waals surface area (Å²) in [6.07, 6.45) is -0.281. The van der Waals surface area contributed by atoms with Crippen molar-refractivity contribution in [2.75, 3.05) is 14.2 Å². The summed E-state index contributed by atoms with van der Waals surface area (Å²) in [5.41, 5.74) is -0.0259. The summed E-state index contributed by atoms with van der Waals surface area (Å²) in [6.45, 7) is 1.31. The number of aromatic hydroxyl groups is 1. The molecule has 0 spiro atoms. The Hall–Kier alpha value is -2.04. The lowest BCUT2D eigenvalue weighted by molar-refractivity contribution is -0.116. The van der Waals surface area contributed by atoms with Crippen LogP contribution in [0.25, 0.3) is 0 Å². The van der Waals surface area contributed by atoms with Gasteiger partial charge in [-0.15, -0.1) is 0 Å². The van der Waals surface area contributed by atoms with Crippen LogP contribution >= 0.6 is 0 Å². The van der Waals surface area contributed by atoms with Gasteiger partial charge >= 0.3 is 0 Å². The number of hydrogen-bond donors (Lipinski definition) is 1. The topological polar surface area (TPSA) is 72.8 Å². The fraction of sp³-hybridized carbons (Fsp3) is 0.333. The molecule has 0 atom stereocenters. The van der Waals surface area contributed by atoms with Crippen molar-refractivity contribution in [2.45, 2.75) is 13.3 Å². The van der Waals surface area contributed by atoms with Crippen LogP contribution in [0.15, 0.2) is 12.1 Å². The van der Waals surface area contributed by atoms with E-state index in [4.69, 9.17) is 9.47 Å². The van der Waals surface area contributed by atoms with Crippen LogP contribution in [0.5, 0.6) is 17.2 Å². The van der Waals surface area contributed by atoms with Crippen LogP contribution in [0.4, 0.5) is 0 Å². The first-order valence-electron chi connectivity index (χ1n) is 4.97. The van der Waals surface area contributed by atoms with Gasteiger partial charge in [0.25, 0.3) is 0 Å². The van der Waals surface area contributed by atoms with Crippen molar-refractivity contribution >= 4 is 11.6 Å². The smallest absolute Gasteiger partial charge is 0.177 e. The van der Waals surface area contributed by atoms with Gasteiger partial charge in [0.15, 0.2) is 17.3 Å². The highest BCUT2D eigenvalue weighted by atomic mass is 16.5. The van der Waals surface area contributed by atoms with Gasteiger partial charge in [-0.25, -0.2) is 0 Å². The molecule has 92 valence electrons. The highest BCUT2D eigenvalue weighted by Gasteiger charge is 2.21. The Morgan fingerprint density at radius 3 is 2.18 bits per heavy atom. The van der Waals surface area contributed by atoms with E-state index >= 15 is 0 Å². The first kappa shape index (κ1) is 13.0. The lowest BCUT2D eigenvalue weighted by Crippen LogP contribution is -2.07. The molecule has 0 bridgehead atoms. The van der Waals surface area contributed by atoms with Gasteiger partial charge in [0.1, 0.15) is 17.1 Å². The summed E-state index contributed by atoms with van der Waals surface area (Å²) < 4.78 is 9.88. The molecule has 0 unspecified atom stereocenters. The normalized spacial score (nSPS) is 9.82. The maximum atomic E-state index is 11.8. The Morgan fingerprint density at radius 1 is 1.18 bits per heavy atom. The Balaban J connectivity index is 3.27. The van der Waals surface area contributed by atoms with Crippen LogP contribution in [0.1, 0.15) is 23.7 Å². The molecule has 0 saturated heterocycles. The molecule has 5 nitrogen and oxygen atoms in total. The molecular weight excluding hydrogens is 224 g/mol. The SMILES string of the molecule is COc1ccc(OC)c(C(=O)CC(C)=O)c1O. The van der Waals surface area contributed by atoms with Crippen LogP contribution in [0, 0.1) is 0 Å². The molecule has 5 heteroatoms. The third kappa shape index (κ3) is 2.75. The molecule has 1 aromatic rings. The number of Topliss-reactive ketones (excluding diaryl/α,β-unsaturated/α-hetero) is 2. The van der Waals surface area contributed by atoms with Gasteiger partial charge in [0.2, 0.25) is 0 Å². The summed E-state index contributed by atoms with van der Waals surface area (Å²) >= 11 is 0. The second kappa shape index (κ2) is 5.34. The Kier molecular flexibility index (Phi) is 4.09. The lowest BCUT2D eigenvalue weighted by Gasteiger charge is -2.11. The van der Waals surface area contributed by atoms with Crippen LogP contribution < -0.4 is 9.47 Å². The van der Waals surface area contributed by atoms with E-state index in [1.807, 2.05) is 0 Å². The average molecular weight is 238 g/mol. The molecule has 0 heterocycles. The molecule has 0 aromatic heterocycles. The van der Waals surface area contributed by atoms with Gasteiger partial charge in [-0.1, -0.05) is 0 Å². The van der Waals surface area contributed by atoms with Crippen molar-refractivity contribution in [1.82, 2.24) is 0 Å². The van der Waals surface area contributed by atoms with E-state index in [1.54, 1.807) is 0 Å². The summed E-state index contributed by atoms with van der Waals surface area (Å²) in [5, 5.41) is 9.85. The van der Waals surface area contributed by atoms with Crippen molar-refractivity contribution in [1.29, 1.82) is 0 Å². The van der Waals surface area contributed by atoms with Crippen LogP contribution in [0.3, 0.4) is 0 Å². The van der Waals surface area contributed by atoms with E-state index in [-0.39, 0.29) is 35.0 Å². The zero-order valence-corrected chi connectivity index (χ0v) is 9.94. The molecule has 1 N–H and O–H groups in total. The molecule has 0 saturated carbocycles. The number of ketones is 2. The average Bonchev–Trinajstić information content (AvgIpc) is 2.27. The summed E-state index contributed by atoms with van der Waals surface area (Å²) in [5.74, 6) is -0.699. The summed E-state index contributed by atoms with van der Waals surface area (Å²) in [6, 6.07) is 2.99. The molecule has 0 fully saturated rings. The van der Waals surface area contributed by atoms with E-state index < -0.39 is 5.78 Å². The van der Waals surface area contributed by atoms with Crippen molar-refractivity contribution in [3.05, 3.63) is 17.7 Å². The minimum absolute atomic E-state index is 0.0259. The van der Waals surface area contributed by atoms with Gasteiger partial charge in [-0.3, -0.25) is 9.59 Å². The summed E-state index contributed by atoms with van der Waals surface area (Å²) in [4.78, 5) is 22.7. The van der Waals surface area contributed by atoms with Gasteiger partial charge in [-0.2, -0.15) is 0 Å². The maximum absolute atomic E-state index is 11.8. The number of benzene rings is 1.